The Labute approximate surface area is 129 Å². The van der Waals surface area contributed by atoms with Gasteiger partial charge in [-0.15, -0.1) is 0 Å². The smallest absolute Gasteiger partial charge is 0.252 e. The van der Waals surface area contributed by atoms with Gasteiger partial charge in [0.2, 0.25) is 0 Å². The molecule has 0 heterocycles. The van der Waals surface area contributed by atoms with Crippen LogP contribution in [0.5, 0.6) is 0 Å². The number of hydrogen-bond acceptors (Lipinski definition) is 2. The molecule has 0 spiro atoms. The summed E-state index contributed by atoms with van der Waals surface area (Å²) < 4.78 is 1.80. The van der Waals surface area contributed by atoms with E-state index in [0.717, 1.165) is 33.7 Å². The first-order chi connectivity index (χ1) is 8.56. The van der Waals surface area contributed by atoms with E-state index in [0.29, 0.717) is 5.56 Å². The number of halogens is 2. The first-order valence-electron chi connectivity index (χ1n) is 5.95. The maximum Gasteiger partial charge on any atom is 0.252 e. The Morgan fingerprint density at radius 3 is 2.72 bits per heavy atom. The molecule has 2 N–H and O–H groups in total. The molecule has 1 aromatic carbocycles. The van der Waals surface area contributed by atoms with Gasteiger partial charge in [0.25, 0.3) is 5.91 Å². The number of hydrogen-bond donors (Lipinski definition) is 2. The number of carbonyl (C=O) groups excluding carboxylic acids is 1. The summed E-state index contributed by atoms with van der Waals surface area (Å²) >= 11 is 5.53. The Kier molecular flexibility index (Phi) is 4.66. The molecule has 0 aliphatic heterocycles. The molecular weight excluding hydrogens is 409 g/mol. The van der Waals surface area contributed by atoms with Crippen LogP contribution in [0.4, 0.5) is 0 Å². The van der Waals surface area contributed by atoms with Crippen molar-refractivity contribution in [3.8, 4) is 0 Å². The van der Waals surface area contributed by atoms with Gasteiger partial charge < -0.3 is 10.4 Å². The van der Waals surface area contributed by atoms with Crippen molar-refractivity contribution < 1.29 is 9.90 Å². The molecule has 98 valence electrons. The molecule has 5 heteroatoms. The van der Waals surface area contributed by atoms with Crippen molar-refractivity contribution in [1.82, 2.24) is 5.32 Å². The molecule has 2 rings (SSSR count). The number of aliphatic hydroxyl groups excluding tert-OH is 1. The number of nitrogens with one attached hydrogen (secondary N) is 1. The average Bonchev–Trinajstić information content (AvgIpc) is 2.81. The van der Waals surface area contributed by atoms with E-state index in [2.05, 4.69) is 43.8 Å². The predicted octanol–water partition coefficient (Wildman–Crippen LogP) is 3.09. The largest absolute Gasteiger partial charge is 0.394 e. The highest BCUT2D eigenvalue weighted by atomic mass is 127. The van der Waals surface area contributed by atoms with Crippen LogP contribution in [-0.4, -0.2) is 23.2 Å². The summed E-state index contributed by atoms with van der Waals surface area (Å²) in [4.78, 5) is 12.3. The van der Waals surface area contributed by atoms with Crippen LogP contribution in [0.1, 0.15) is 36.0 Å². The standard InChI is InChI=1S/C13H15BrINO2/c14-9-3-4-11(15)10(7-9)12(18)16-13(8-17)5-1-2-6-13/h3-4,7,17H,1-2,5-6,8H2,(H,16,18). The normalized spacial score (nSPS) is 17.7. The summed E-state index contributed by atoms with van der Waals surface area (Å²) in [6, 6.07) is 5.63. The predicted molar refractivity (Wildman–Crippen MR) is 82.6 cm³/mol. The summed E-state index contributed by atoms with van der Waals surface area (Å²) in [7, 11) is 0. The molecule has 1 fully saturated rings. The number of rotatable bonds is 3. The molecule has 3 nitrogen and oxygen atoms in total. The second kappa shape index (κ2) is 5.88. The first-order valence-corrected chi connectivity index (χ1v) is 7.82. The van der Waals surface area contributed by atoms with Crippen molar-refractivity contribution in [3.63, 3.8) is 0 Å². The van der Waals surface area contributed by atoms with Crippen LogP contribution in [0, 0.1) is 3.57 Å². The van der Waals surface area contributed by atoms with E-state index in [4.69, 9.17) is 0 Å². The van der Waals surface area contributed by atoms with Gasteiger partial charge in [0, 0.05) is 8.04 Å². The molecule has 1 aromatic rings. The maximum absolute atomic E-state index is 12.3. The third-order valence-corrected chi connectivity index (χ3v) is 4.85. The quantitative estimate of drug-likeness (QED) is 0.734. The minimum atomic E-state index is -0.414. The van der Waals surface area contributed by atoms with Crippen LogP contribution >= 0.6 is 38.5 Å². The zero-order valence-corrected chi connectivity index (χ0v) is 13.6. The lowest BCUT2D eigenvalue weighted by molar-refractivity contribution is 0.0837. The van der Waals surface area contributed by atoms with E-state index in [-0.39, 0.29) is 12.5 Å². The lowest BCUT2D eigenvalue weighted by Gasteiger charge is -2.28. The van der Waals surface area contributed by atoms with Crippen LogP contribution in [0.3, 0.4) is 0 Å². The zero-order chi connectivity index (χ0) is 13.2. The van der Waals surface area contributed by atoms with Crippen LogP contribution in [0.2, 0.25) is 0 Å². The molecule has 0 aromatic heterocycles. The van der Waals surface area contributed by atoms with Crippen molar-refractivity contribution in [2.45, 2.75) is 31.2 Å². The topological polar surface area (TPSA) is 49.3 Å². The lowest BCUT2D eigenvalue weighted by atomic mass is 9.98. The molecule has 1 amide bonds. The number of carbonyl (C=O) groups is 1. The van der Waals surface area contributed by atoms with Gasteiger partial charge in [-0.3, -0.25) is 4.79 Å². The summed E-state index contributed by atoms with van der Waals surface area (Å²) in [6.07, 6.45) is 3.85. The maximum atomic E-state index is 12.3. The fourth-order valence-corrected chi connectivity index (χ4v) is 3.30. The summed E-state index contributed by atoms with van der Waals surface area (Å²) in [5, 5.41) is 12.5. The molecule has 1 aliphatic carbocycles. The van der Waals surface area contributed by atoms with E-state index >= 15 is 0 Å². The summed E-state index contributed by atoms with van der Waals surface area (Å²) in [5.41, 5.74) is 0.243. The Hall–Kier alpha value is -0.140. The highest BCUT2D eigenvalue weighted by Crippen LogP contribution is 2.30. The average molecular weight is 424 g/mol. The monoisotopic (exact) mass is 423 g/mol. The fraction of sp³-hybridized carbons (Fsp3) is 0.462. The van der Waals surface area contributed by atoms with Crippen LogP contribution in [0.15, 0.2) is 22.7 Å². The number of amides is 1. The van der Waals surface area contributed by atoms with Gasteiger partial charge in [0.05, 0.1) is 17.7 Å². The van der Waals surface area contributed by atoms with Crippen LogP contribution in [-0.2, 0) is 0 Å². The van der Waals surface area contributed by atoms with Crippen molar-refractivity contribution in [2.24, 2.45) is 0 Å². The highest BCUT2D eigenvalue weighted by Gasteiger charge is 2.35. The van der Waals surface area contributed by atoms with Gasteiger partial charge in [-0.1, -0.05) is 28.8 Å². The van der Waals surface area contributed by atoms with Gasteiger partial charge in [0.15, 0.2) is 0 Å². The molecule has 0 saturated heterocycles. The van der Waals surface area contributed by atoms with Gasteiger partial charge in [-0.05, 0) is 53.6 Å². The molecule has 0 unspecified atom stereocenters. The second-order valence-corrected chi connectivity index (χ2v) is 6.80. The molecule has 1 saturated carbocycles. The zero-order valence-electron chi connectivity index (χ0n) is 9.88. The number of benzene rings is 1. The molecule has 1 aliphatic rings. The number of aliphatic hydroxyl groups is 1. The van der Waals surface area contributed by atoms with Crippen LogP contribution < -0.4 is 5.32 Å². The third kappa shape index (κ3) is 3.05. The van der Waals surface area contributed by atoms with Crippen molar-refractivity contribution >= 4 is 44.4 Å². The van der Waals surface area contributed by atoms with E-state index in [9.17, 15) is 9.90 Å². The van der Waals surface area contributed by atoms with Crippen molar-refractivity contribution in [1.29, 1.82) is 0 Å². The van der Waals surface area contributed by atoms with E-state index in [1.54, 1.807) is 0 Å². The van der Waals surface area contributed by atoms with E-state index < -0.39 is 5.54 Å². The van der Waals surface area contributed by atoms with Gasteiger partial charge >= 0.3 is 0 Å². The fourth-order valence-electron chi connectivity index (χ4n) is 2.35. The van der Waals surface area contributed by atoms with E-state index in [1.165, 1.54) is 0 Å². The molecule has 0 radical (unpaired) electrons. The molecular formula is C13H15BrINO2. The van der Waals surface area contributed by atoms with Gasteiger partial charge in [-0.25, -0.2) is 0 Å². The minimum absolute atomic E-state index is 0.0172. The molecule has 18 heavy (non-hydrogen) atoms. The van der Waals surface area contributed by atoms with Crippen LogP contribution in [0.25, 0.3) is 0 Å². The van der Waals surface area contributed by atoms with Gasteiger partial charge in [-0.2, -0.15) is 0 Å². The Bertz CT molecular complexity index is 458. The lowest BCUT2D eigenvalue weighted by Crippen LogP contribution is -2.49. The molecule has 0 bridgehead atoms. The van der Waals surface area contributed by atoms with Gasteiger partial charge in [0.1, 0.15) is 0 Å². The Balaban J connectivity index is 2.18. The minimum Gasteiger partial charge on any atom is -0.394 e. The highest BCUT2D eigenvalue weighted by molar-refractivity contribution is 14.1. The van der Waals surface area contributed by atoms with Crippen molar-refractivity contribution in [3.05, 3.63) is 31.8 Å². The third-order valence-electron chi connectivity index (χ3n) is 3.42. The Morgan fingerprint density at radius 1 is 1.44 bits per heavy atom. The summed E-state index contributed by atoms with van der Waals surface area (Å²) in [5.74, 6) is -0.100. The van der Waals surface area contributed by atoms with E-state index in [1.807, 2.05) is 18.2 Å². The Morgan fingerprint density at radius 2 is 2.11 bits per heavy atom. The second-order valence-electron chi connectivity index (χ2n) is 4.72. The molecule has 0 atom stereocenters. The SMILES string of the molecule is O=C(NC1(CO)CCCC1)c1cc(Br)ccc1I. The first kappa shape index (κ1) is 14.3. The van der Waals surface area contributed by atoms with Crippen molar-refractivity contribution in [2.75, 3.05) is 6.61 Å². The summed E-state index contributed by atoms with van der Waals surface area (Å²) in [6.45, 7) is 0.0172.